The zero-order valence-corrected chi connectivity index (χ0v) is 12.2. The second kappa shape index (κ2) is 6.13. The number of carboxylic acid groups (broad SMARTS) is 1. The average Bonchev–Trinajstić information content (AvgIpc) is 2.85. The van der Waals surface area contributed by atoms with E-state index in [0.717, 1.165) is 5.69 Å². The lowest BCUT2D eigenvalue weighted by atomic mass is 10.2. The van der Waals surface area contributed by atoms with Gasteiger partial charge in [0.15, 0.2) is 0 Å². The quantitative estimate of drug-likeness (QED) is 0.893. The first-order valence-electron chi connectivity index (χ1n) is 6.39. The number of hydrogen-bond donors (Lipinski definition) is 2. The van der Waals surface area contributed by atoms with Gasteiger partial charge in [0.1, 0.15) is 6.04 Å². The topological polar surface area (TPSA) is 82.5 Å². The van der Waals surface area contributed by atoms with E-state index in [9.17, 15) is 14.7 Å². The third-order valence-electron chi connectivity index (χ3n) is 3.12. The first kappa shape index (κ1) is 14.6. The molecule has 0 spiro atoms. The lowest BCUT2D eigenvalue weighted by molar-refractivity contribution is -0.141. The number of aromatic nitrogens is 1. The van der Waals surface area contributed by atoms with Crippen molar-refractivity contribution in [2.75, 3.05) is 11.1 Å². The van der Waals surface area contributed by atoms with Crippen molar-refractivity contribution in [3.63, 3.8) is 0 Å². The van der Waals surface area contributed by atoms with Gasteiger partial charge in [-0.25, -0.2) is 9.59 Å². The first-order valence-corrected chi connectivity index (χ1v) is 7.44. The number of nitrogens with zero attached hydrogens (tertiary/aromatic N) is 2. The van der Waals surface area contributed by atoms with Crippen molar-refractivity contribution in [3.05, 3.63) is 24.0 Å². The molecular weight excluding hydrogens is 278 g/mol. The second-order valence-corrected chi connectivity index (χ2v) is 5.79. The van der Waals surface area contributed by atoms with Crippen molar-refractivity contribution >= 4 is 29.4 Å². The molecule has 20 heavy (non-hydrogen) atoms. The van der Waals surface area contributed by atoms with Gasteiger partial charge in [-0.1, -0.05) is 6.92 Å². The van der Waals surface area contributed by atoms with Crippen LogP contribution in [0.4, 0.5) is 10.5 Å². The minimum absolute atomic E-state index is 0.102. The van der Waals surface area contributed by atoms with Crippen LogP contribution in [0.15, 0.2) is 18.3 Å². The van der Waals surface area contributed by atoms with E-state index in [1.165, 1.54) is 16.7 Å². The van der Waals surface area contributed by atoms with Gasteiger partial charge in [-0.05, 0) is 25.5 Å². The van der Waals surface area contributed by atoms with Crippen LogP contribution in [0.1, 0.15) is 19.0 Å². The average molecular weight is 295 g/mol. The molecule has 2 N–H and O–H groups in total. The number of aliphatic carboxylic acids is 1. The molecular formula is C13H17N3O3S. The number of pyridine rings is 1. The fourth-order valence-electron chi connectivity index (χ4n) is 2.07. The van der Waals surface area contributed by atoms with Crippen LogP contribution in [-0.2, 0) is 4.79 Å². The highest BCUT2D eigenvalue weighted by molar-refractivity contribution is 8.00. The molecule has 108 valence electrons. The van der Waals surface area contributed by atoms with Crippen molar-refractivity contribution in [2.45, 2.75) is 31.7 Å². The second-order valence-electron chi connectivity index (χ2n) is 4.58. The number of thioether (sulfide) groups is 1. The van der Waals surface area contributed by atoms with Gasteiger partial charge in [0, 0.05) is 11.4 Å². The monoisotopic (exact) mass is 295 g/mol. The van der Waals surface area contributed by atoms with Gasteiger partial charge in [-0.2, -0.15) is 0 Å². The van der Waals surface area contributed by atoms with Crippen molar-refractivity contribution in [1.82, 2.24) is 9.88 Å². The number of urea groups is 1. The summed E-state index contributed by atoms with van der Waals surface area (Å²) in [5, 5.41) is 11.8. The third-order valence-corrected chi connectivity index (χ3v) is 4.58. The Hall–Kier alpha value is -1.76. The molecule has 1 aromatic rings. The van der Waals surface area contributed by atoms with Gasteiger partial charge < -0.3 is 10.4 Å². The summed E-state index contributed by atoms with van der Waals surface area (Å²) in [6, 6.07) is 2.38. The minimum atomic E-state index is -0.967. The molecule has 2 amide bonds. The molecule has 1 fully saturated rings. The summed E-state index contributed by atoms with van der Waals surface area (Å²) in [5.74, 6) is -0.543. The lowest BCUT2D eigenvalue weighted by Gasteiger charge is -2.26. The SMILES string of the molecule is CCC1SCC(C(=O)O)N1C(=O)Nc1ccc(C)nc1. The van der Waals surface area contributed by atoms with Crippen LogP contribution in [0.5, 0.6) is 0 Å². The van der Waals surface area contributed by atoms with E-state index in [1.54, 1.807) is 18.3 Å². The van der Waals surface area contributed by atoms with Crippen LogP contribution in [-0.4, -0.2) is 44.2 Å². The summed E-state index contributed by atoms with van der Waals surface area (Å²) < 4.78 is 0. The molecule has 6 nitrogen and oxygen atoms in total. The Balaban J connectivity index is 2.12. The predicted molar refractivity (Wildman–Crippen MR) is 77.8 cm³/mol. The lowest BCUT2D eigenvalue weighted by Crippen LogP contribution is -2.47. The number of anilines is 1. The van der Waals surface area contributed by atoms with Crippen LogP contribution >= 0.6 is 11.8 Å². The number of amides is 2. The standard InChI is InChI=1S/C13H17N3O3S/c1-3-11-16(10(7-20-11)12(17)18)13(19)15-9-5-4-8(2)14-6-9/h4-6,10-11H,3,7H2,1-2H3,(H,15,19)(H,17,18). The first-order chi connectivity index (χ1) is 9.52. The maximum absolute atomic E-state index is 12.3. The molecule has 1 aliphatic rings. The number of rotatable bonds is 3. The number of hydrogen-bond acceptors (Lipinski definition) is 4. The summed E-state index contributed by atoms with van der Waals surface area (Å²) >= 11 is 1.50. The summed E-state index contributed by atoms with van der Waals surface area (Å²) in [7, 11) is 0. The summed E-state index contributed by atoms with van der Waals surface area (Å²) in [6.07, 6.45) is 2.28. The number of carboxylic acids is 1. The van der Waals surface area contributed by atoms with Gasteiger partial charge in [0.2, 0.25) is 0 Å². The smallest absolute Gasteiger partial charge is 0.327 e. The highest BCUT2D eigenvalue weighted by Crippen LogP contribution is 2.31. The van der Waals surface area contributed by atoms with E-state index in [-0.39, 0.29) is 11.4 Å². The minimum Gasteiger partial charge on any atom is -0.480 e. The van der Waals surface area contributed by atoms with Crippen LogP contribution in [0.3, 0.4) is 0 Å². The maximum atomic E-state index is 12.3. The molecule has 1 saturated heterocycles. The predicted octanol–water partition coefficient (Wildman–Crippen LogP) is 2.16. The summed E-state index contributed by atoms with van der Waals surface area (Å²) in [5.41, 5.74) is 1.42. The molecule has 1 aliphatic heterocycles. The van der Waals surface area contributed by atoms with Gasteiger partial charge in [-0.15, -0.1) is 11.8 Å². The molecule has 0 radical (unpaired) electrons. The van der Waals surface area contributed by atoms with E-state index >= 15 is 0 Å². The van der Waals surface area contributed by atoms with Crippen LogP contribution in [0.2, 0.25) is 0 Å². The van der Waals surface area contributed by atoms with Gasteiger partial charge in [-0.3, -0.25) is 9.88 Å². The maximum Gasteiger partial charge on any atom is 0.327 e. The van der Waals surface area contributed by atoms with Gasteiger partial charge in [0.05, 0.1) is 17.3 Å². The van der Waals surface area contributed by atoms with E-state index in [4.69, 9.17) is 0 Å². The molecule has 1 aromatic heterocycles. The molecule has 7 heteroatoms. The Labute approximate surface area is 121 Å². The fraction of sp³-hybridized carbons (Fsp3) is 0.462. The summed E-state index contributed by atoms with van der Waals surface area (Å²) in [4.78, 5) is 29.0. The van der Waals surface area contributed by atoms with Gasteiger partial charge >= 0.3 is 12.0 Å². The Morgan fingerprint density at radius 3 is 2.85 bits per heavy atom. The van der Waals surface area contributed by atoms with Crippen molar-refractivity contribution in [1.29, 1.82) is 0 Å². The third kappa shape index (κ3) is 3.04. The van der Waals surface area contributed by atoms with E-state index < -0.39 is 12.0 Å². The largest absolute Gasteiger partial charge is 0.480 e. The molecule has 2 rings (SSSR count). The Kier molecular flexibility index (Phi) is 4.49. The van der Waals surface area contributed by atoms with Crippen LogP contribution in [0, 0.1) is 6.92 Å². The van der Waals surface area contributed by atoms with E-state index in [1.807, 2.05) is 13.8 Å². The zero-order chi connectivity index (χ0) is 14.7. The fourth-order valence-corrected chi connectivity index (χ4v) is 3.42. The van der Waals surface area contributed by atoms with Crippen molar-refractivity contribution in [2.24, 2.45) is 0 Å². The Morgan fingerprint density at radius 2 is 2.30 bits per heavy atom. The summed E-state index contributed by atoms with van der Waals surface area (Å²) in [6.45, 7) is 3.80. The van der Waals surface area contributed by atoms with Gasteiger partial charge in [0.25, 0.3) is 0 Å². The van der Waals surface area contributed by atoms with E-state index in [0.29, 0.717) is 17.9 Å². The van der Waals surface area contributed by atoms with Crippen LogP contribution < -0.4 is 5.32 Å². The molecule has 2 heterocycles. The molecule has 0 saturated carbocycles. The van der Waals surface area contributed by atoms with Crippen molar-refractivity contribution in [3.8, 4) is 0 Å². The van der Waals surface area contributed by atoms with Crippen molar-refractivity contribution < 1.29 is 14.7 Å². The Morgan fingerprint density at radius 1 is 1.55 bits per heavy atom. The normalized spacial score (nSPS) is 21.8. The Bertz CT molecular complexity index is 506. The van der Waals surface area contributed by atoms with E-state index in [2.05, 4.69) is 10.3 Å². The van der Waals surface area contributed by atoms with Crippen LogP contribution in [0.25, 0.3) is 0 Å². The molecule has 2 atom stereocenters. The zero-order valence-electron chi connectivity index (χ0n) is 11.4. The number of aryl methyl sites for hydroxylation is 1. The number of nitrogens with one attached hydrogen (secondary N) is 1. The molecule has 2 unspecified atom stereocenters. The highest BCUT2D eigenvalue weighted by Gasteiger charge is 2.40. The highest BCUT2D eigenvalue weighted by atomic mass is 32.2. The molecule has 0 aromatic carbocycles. The molecule has 0 bridgehead atoms. The molecule has 0 aliphatic carbocycles. The number of carbonyl (C=O) groups excluding carboxylic acids is 1. The number of carbonyl (C=O) groups is 2.